The molecule has 30 aromatic rings. The monoisotopic (exact) mass is 1800 g/mol. The van der Waals surface area contributed by atoms with E-state index < -0.39 is 0 Å². The van der Waals surface area contributed by atoms with Crippen LogP contribution in [0.2, 0.25) is 0 Å². The van der Waals surface area contributed by atoms with Gasteiger partial charge in [0.1, 0.15) is 33.5 Å². The lowest BCUT2D eigenvalue weighted by Crippen LogP contribution is -1.93. The van der Waals surface area contributed by atoms with Gasteiger partial charge in [0.25, 0.3) is 0 Å². The van der Waals surface area contributed by atoms with Gasteiger partial charge in [-0.25, -0.2) is 0 Å². The number of hydrogen-bond acceptors (Lipinski definition) is 6. The molecule has 0 aliphatic rings. The van der Waals surface area contributed by atoms with Crippen LogP contribution in [0.1, 0.15) is 0 Å². The van der Waals surface area contributed by atoms with E-state index in [4.69, 9.17) is 13.3 Å². The van der Waals surface area contributed by atoms with Gasteiger partial charge in [0.2, 0.25) is 0 Å². The Balaban J connectivity index is 0.000000102. The van der Waals surface area contributed by atoms with Crippen LogP contribution < -0.4 is 0 Å². The molecular formula is C128H77N3O3S3. The maximum Gasteiger partial charge on any atom is 0.143 e. The van der Waals surface area contributed by atoms with Crippen LogP contribution in [0.25, 0.3) is 276 Å². The zero-order valence-electron chi connectivity index (χ0n) is 73.7. The molecule has 30 rings (SSSR count). The van der Waals surface area contributed by atoms with Crippen molar-refractivity contribution in [2.45, 2.75) is 0 Å². The third-order valence-electron chi connectivity index (χ3n) is 27.8. The van der Waals surface area contributed by atoms with Gasteiger partial charge in [0, 0.05) is 107 Å². The number of furan rings is 3. The van der Waals surface area contributed by atoms with Crippen LogP contribution >= 0.6 is 34.0 Å². The quantitative estimate of drug-likeness (QED) is 0.137. The van der Waals surface area contributed by atoms with Crippen LogP contribution in [0.15, 0.2) is 480 Å². The Morgan fingerprint density at radius 1 is 0.168 bits per heavy atom. The van der Waals surface area contributed by atoms with E-state index in [0.29, 0.717) is 0 Å². The SMILES string of the molecule is c1ccc(-c2cccc3c2oc2cccc(-c4cccc(-c5ccc6sc7c8ccccc8n(-c8ccccc8)c7c6c5)c4)c23)cc1.c1ccc(-n2c3ccccc3c3sc4ccc(-c5cccc(-c6cccc7oc8c9ccccc9ccc8c67)c5)cc4c32)cc1.c1ccc(-n2c3ccccc3c3sc4cccc(-c5cccc(-c6ccc7c(c6)oc6cc8ccccc8cc67)c5)c4c32)cc1. The highest BCUT2D eigenvalue weighted by molar-refractivity contribution is 7.27. The Bertz CT molecular complexity index is 10100. The van der Waals surface area contributed by atoms with E-state index in [-0.39, 0.29) is 0 Å². The second-order valence-electron chi connectivity index (χ2n) is 35.5. The summed E-state index contributed by atoms with van der Waals surface area (Å²) in [7, 11) is 0. The van der Waals surface area contributed by atoms with E-state index in [9.17, 15) is 0 Å². The number of para-hydroxylation sites is 7. The Morgan fingerprint density at radius 2 is 0.533 bits per heavy atom. The Hall–Kier alpha value is -17.2. The molecule has 640 valence electrons. The minimum atomic E-state index is 0.905. The third-order valence-corrected chi connectivity index (χ3v) is 31.3. The van der Waals surface area contributed by atoms with E-state index in [2.05, 4.69) is 481 Å². The van der Waals surface area contributed by atoms with Crippen LogP contribution in [0.4, 0.5) is 0 Å². The minimum absolute atomic E-state index is 0.905. The van der Waals surface area contributed by atoms with Crippen molar-refractivity contribution in [3.05, 3.63) is 467 Å². The summed E-state index contributed by atoms with van der Waals surface area (Å²) in [6, 6.07) is 168. The molecule has 0 fully saturated rings. The fraction of sp³-hybridized carbons (Fsp3) is 0. The van der Waals surface area contributed by atoms with Crippen LogP contribution in [-0.2, 0) is 0 Å². The third kappa shape index (κ3) is 12.8. The van der Waals surface area contributed by atoms with Gasteiger partial charge in [0.15, 0.2) is 0 Å². The summed E-state index contributed by atoms with van der Waals surface area (Å²) >= 11 is 5.65. The van der Waals surface area contributed by atoms with Gasteiger partial charge in [0.05, 0.1) is 47.2 Å². The molecule has 0 aliphatic carbocycles. The normalized spacial score (nSPS) is 11.9. The topological polar surface area (TPSA) is 54.2 Å². The first kappa shape index (κ1) is 78.5. The fourth-order valence-electron chi connectivity index (χ4n) is 21.6. The summed E-state index contributed by atoms with van der Waals surface area (Å²) < 4.78 is 34.7. The molecule has 0 saturated carbocycles. The Kier molecular flexibility index (Phi) is 18.2. The van der Waals surface area contributed by atoms with Crippen LogP contribution in [0.3, 0.4) is 0 Å². The summed E-state index contributed by atoms with van der Waals surface area (Å²) in [5.41, 5.74) is 33.2. The van der Waals surface area contributed by atoms with Gasteiger partial charge < -0.3 is 27.0 Å². The van der Waals surface area contributed by atoms with Crippen molar-refractivity contribution in [1.82, 2.24) is 13.7 Å². The van der Waals surface area contributed by atoms with Crippen molar-refractivity contribution in [3.63, 3.8) is 0 Å². The molecule has 0 atom stereocenters. The summed E-state index contributed by atoms with van der Waals surface area (Å²) in [6.07, 6.45) is 0. The number of thiophene rings is 3. The molecule has 0 radical (unpaired) electrons. The molecule has 9 heterocycles. The van der Waals surface area contributed by atoms with Crippen LogP contribution in [0.5, 0.6) is 0 Å². The van der Waals surface area contributed by atoms with Crippen molar-refractivity contribution in [2.24, 2.45) is 0 Å². The lowest BCUT2D eigenvalue weighted by atomic mass is 9.95. The number of hydrogen-bond donors (Lipinski definition) is 0. The van der Waals surface area contributed by atoms with E-state index >= 15 is 0 Å². The maximum atomic E-state index is 6.57. The molecule has 0 unspecified atom stereocenters. The summed E-state index contributed by atoms with van der Waals surface area (Å²) in [5, 5.41) is 19.4. The minimum Gasteiger partial charge on any atom is -0.456 e. The molecule has 0 spiro atoms. The molecule has 21 aromatic carbocycles. The molecule has 6 nitrogen and oxygen atoms in total. The number of fused-ring (bicyclic) bond motifs is 27. The van der Waals surface area contributed by atoms with Gasteiger partial charge in [-0.2, -0.15) is 0 Å². The summed E-state index contributed by atoms with van der Waals surface area (Å²) in [5.74, 6) is 0. The van der Waals surface area contributed by atoms with Crippen molar-refractivity contribution >= 4 is 215 Å². The molecule has 9 heteroatoms. The first-order chi connectivity index (χ1) is 67.9. The van der Waals surface area contributed by atoms with Gasteiger partial charge in [-0.3, -0.25) is 0 Å². The van der Waals surface area contributed by atoms with E-state index in [1.165, 1.54) is 188 Å². The van der Waals surface area contributed by atoms with E-state index in [1.54, 1.807) is 0 Å². The zero-order chi connectivity index (χ0) is 89.9. The zero-order valence-corrected chi connectivity index (χ0v) is 76.2. The highest BCUT2D eigenvalue weighted by Gasteiger charge is 2.26. The number of rotatable bonds is 10. The molecule has 0 saturated heterocycles. The van der Waals surface area contributed by atoms with Gasteiger partial charge in [-0.15, -0.1) is 34.0 Å². The Labute approximate surface area is 797 Å². The summed E-state index contributed by atoms with van der Waals surface area (Å²) in [6.45, 7) is 0. The molecule has 9 aromatic heterocycles. The first-order valence-electron chi connectivity index (χ1n) is 46.5. The first-order valence-corrected chi connectivity index (χ1v) is 48.9. The molecule has 137 heavy (non-hydrogen) atoms. The van der Waals surface area contributed by atoms with Gasteiger partial charge >= 0.3 is 0 Å². The van der Waals surface area contributed by atoms with Crippen molar-refractivity contribution in [3.8, 4) is 95.0 Å². The highest BCUT2D eigenvalue weighted by atomic mass is 32.1. The van der Waals surface area contributed by atoms with Crippen molar-refractivity contribution < 1.29 is 13.3 Å². The molecular weight excluding hydrogens is 1720 g/mol. The molecule has 0 bridgehead atoms. The number of nitrogens with zero attached hydrogens (tertiary/aromatic N) is 3. The number of aromatic nitrogens is 3. The predicted molar refractivity (Wildman–Crippen MR) is 583 cm³/mol. The standard InChI is InChI=1S/C44H27NOS.2C42H25NOS/c1-3-12-28(13-4-1)34-20-10-21-36-41-33(19-11-23-39(41)46-43(34)36)31-15-9-14-29(26-31)30-24-25-40-37(27-30)42-44(47-40)35-18-7-8-22-38(35)45(42)32-16-5-2-6-17-32;1-2-13-30(14-3-1)43-36-18-7-6-16-33(36)42-40(43)35-25-28(21-23-38(35)45-42)27-11-8-12-29(24-27)31-17-9-19-37-39(31)34-22-20-26-10-4-5-15-32(26)41(34)44-37;1-2-14-31(15-3-1)43-36-18-7-6-16-34(36)42-41(43)40-32(17-9-19-39(40)45-42)30-13-8-12-26(22-30)29-20-21-33-35-23-27-10-4-5-11-28(27)24-38(35)44-37(33)25-29/h1-27H;2*1-25H. The van der Waals surface area contributed by atoms with Crippen LogP contribution in [0, 0.1) is 0 Å². The average Bonchev–Trinajstić information content (AvgIpc) is 1.57. The van der Waals surface area contributed by atoms with Crippen molar-refractivity contribution in [1.29, 1.82) is 0 Å². The van der Waals surface area contributed by atoms with Gasteiger partial charge in [-0.05, 0) is 234 Å². The molecule has 0 aliphatic heterocycles. The van der Waals surface area contributed by atoms with E-state index in [1.807, 2.05) is 34.0 Å². The second-order valence-corrected chi connectivity index (χ2v) is 38.7. The van der Waals surface area contributed by atoms with E-state index in [0.717, 1.165) is 87.9 Å². The average molecular weight is 1800 g/mol. The lowest BCUT2D eigenvalue weighted by Gasteiger charge is -2.11. The fourth-order valence-corrected chi connectivity index (χ4v) is 25.2. The summed E-state index contributed by atoms with van der Waals surface area (Å²) in [4.78, 5) is 0. The van der Waals surface area contributed by atoms with Crippen molar-refractivity contribution in [2.75, 3.05) is 0 Å². The maximum absolute atomic E-state index is 6.57. The van der Waals surface area contributed by atoms with Gasteiger partial charge in [-0.1, -0.05) is 322 Å². The predicted octanol–water partition coefficient (Wildman–Crippen LogP) is 37.7. The van der Waals surface area contributed by atoms with Crippen LogP contribution in [-0.4, -0.2) is 13.7 Å². The second kappa shape index (κ2) is 31.8. The molecule has 0 N–H and O–H groups in total. The highest BCUT2D eigenvalue weighted by Crippen LogP contribution is 2.52. The largest absolute Gasteiger partial charge is 0.456 e. The number of benzene rings is 21. The smallest absolute Gasteiger partial charge is 0.143 e. The lowest BCUT2D eigenvalue weighted by molar-refractivity contribution is 0.669. The Morgan fingerprint density at radius 3 is 1.08 bits per heavy atom. The molecule has 0 amide bonds.